The zero-order chi connectivity index (χ0) is 19.7. The van der Waals surface area contributed by atoms with Crippen molar-refractivity contribution < 1.29 is 4.52 Å². The Bertz CT molecular complexity index is 685. The van der Waals surface area contributed by atoms with Gasteiger partial charge < -0.3 is 14.7 Å². The topological polar surface area (TPSA) is 69.8 Å². The van der Waals surface area contributed by atoms with Crippen LogP contribution in [0.25, 0.3) is 0 Å². The van der Waals surface area contributed by atoms with E-state index < -0.39 is 0 Å². The van der Waals surface area contributed by atoms with E-state index in [4.69, 9.17) is 9.52 Å². The second kappa shape index (κ2) is 8.01. The van der Waals surface area contributed by atoms with Crippen molar-refractivity contribution in [3.63, 3.8) is 0 Å². The van der Waals surface area contributed by atoms with Crippen LogP contribution in [0.2, 0.25) is 0 Å². The summed E-state index contributed by atoms with van der Waals surface area (Å²) < 4.78 is 5.39. The van der Waals surface area contributed by atoms with E-state index in [9.17, 15) is 0 Å². The minimum absolute atomic E-state index is 0.129. The zero-order valence-electron chi connectivity index (χ0n) is 17.9. The van der Waals surface area contributed by atoms with Crippen LogP contribution in [-0.4, -0.2) is 64.7 Å². The Balaban J connectivity index is 1.34. The molecule has 0 spiro atoms. The smallest absolute Gasteiger partial charge is 0.232 e. The van der Waals surface area contributed by atoms with Gasteiger partial charge in [-0.2, -0.15) is 4.98 Å². The summed E-state index contributed by atoms with van der Waals surface area (Å²) in [7, 11) is 0. The summed E-state index contributed by atoms with van der Waals surface area (Å²) >= 11 is 0. The maximum Gasteiger partial charge on any atom is 0.232 e. The van der Waals surface area contributed by atoms with Crippen LogP contribution in [0.15, 0.2) is 9.52 Å². The summed E-state index contributed by atoms with van der Waals surface area (Å²) in [6.45, 7) is 14.0. The molecule has 3 aliphatic rings. The second-order valence-electron chi connectivity index (χ2n) is 9.70. The Hall–Kier alpha value is -1.63. The molecule has 7 nitrogen and oxygen atoms in total. The Morgan fingerprint density at radius 2 is 1.96 bits per heavy atom. The molecule has 156 valence electrons. The Kier molecular flexibility index (Phi) is 5.63. The Labute approximate surface area is 168 Å². The third kappa shape index (κ3) is 4.19. The highest BCUT2D eigenvalue weighted by molar-refractivity contribution is 5.80. The van der Waals surface area contributed by atoms with Crippen molar-refractivity contribution in [3.8, 4) is 0 Å². The standard InChI is InChI=1S/C21H36N6O/c1-5-22-20(23-14-18-24-19(28-25-18)21(2,3)4)27-10-8-26(9-11-27)17-13-15-6-7-16(17)12-15/h15-17H,5-14H2,1-4H3,(H,22,23). The normalized spacial score (nSPS) is 28.9. The van der Waals surface area contributed by atoms with Crippen molar-refractivity contribution in [2.24, 2.45) is 16.8 Å². The van der Waals surface area contributed by atoms with E-state index in [1.807, 2.05) is 0 Å². The SMILES string of the molecule is CCNC(=NCc1noc(C(C)(C)C)n1)N1CCN(C2CC3CCC2C3)CC1. The molecule has 3 unspecified atom stereocenters. The van der Waals surface area contributed by atoms with Crippen LogP contribution < -0.4 is 5.32 Å². The molecule has 2 bridgehead atoms. The van der Waals surface area contributed by atoms with Gasteiger partial charge in [0.2, 0.25) is 5.89 Å². The average molecular weight is 389 g/mol. The van der Waals surface area contributed by atoms with E-state index in [0.29, 0.717) is 18.3 Å². The van der Waals surface area contributed by atoms with E-state index in [1.54, 1.807) is 0 Å². The largest absolute Gasteiger partial charge is 0.357 e. The van der Waals surface area contributed by atoms with Crippen molar-refractivity contribution >= 4 is 5.96 Å². The van der Waals surface area contributed by atoms with E-state index in [2.05, 4.69) is 53.0 Å². The summed E-state index contributed by atoms with van der Waals surface area (Å²) in [5, 5.41) is 7.54. The fraction of sp³-hybridized carbons (Fsp3) is 0.857. The number of nitrogens with zero attached hydrogens (tertiary/aromatic N) is 5. The predicted octanol–water partition coefficient (Wildman–Crippen LogP) is 2.64. The minimum Gasteiger partial charge on any atom is -0.357 e. The molecule has 1 aromatic heterocycles. The molecule has 4 rings (SSSR count). The second-order valence-corrected chi connectivity index (χ2v) is 9.70. The van der Waals surface area contributed by atoms with Crippen LogP contribution in [0.5, 0.6) is 0 Å². The first kappa shape index (κ1) is 19.7. The average Bonchev–Trinajstić information content (AvgIpc) is 3.41. The number of rotatable bonds is 4. The molecule has 1 N–H and O–H groups in total. The highest BCUT2D eigenvalue weighted by Gasteiger charge is 2.42. The number of fused-ring (bicyclic) bond motifs is 2. The van der Waals surface area contributed by atoms with Gasteiger partial charge in [-0.05, 0) is 38.0 Å². The van der Waals surface area contributed by atoms with Crippen LogP contribution in [0.1, 0.15) is 65.1 Å². The first-order valence-electron chi connectivity index (χ1n) is 11.0. The Morgan fingerprint density at radius 1 is 1.18 bits per heavy atom. The molecule has 3 fully saturated rings. The number of hydrogen-bond acceptors (Lipinski definition) is 5. The summed E-state index contributed by atoms with van der Waals surface area (Å²) in [5.74, 6) is 4.27. The zero-order valence-corrected chi connectivity index (χ0v) is 17.9. The van der Waals surface area contributed by atoms with Gasteiger partial charge in [0, 0.05) is 44.2 Å². The van der Waals surface area contributed by atoms with Gasteiger partial charge in [-0.25, -0.2) is 4.99 Å². The first-order valence-corrected chi connectivity index (χ1v) is 11.0. The Morgan fingerprint density at radius 3 is 2.54 bits per heavy atom. The fourth-order valence-electron chi connectivity index (χ4n) is 5.12. The monoisotopic (exact) mass is 388 g/mol. The van der Waals surface area contributed by atoms with E-state index in [1.165, 1.54) is 25.7 Å². The number of aliphatic imine (C=N–C) groups is 1. The lowest BCUT2D eigenvalue weighted by Crippen LogP contribution is -2.55. The van der Waals surface area contributed by atoms with Gasteiger partial charge in [0.1, 0.15) is 6.54 Å². The van der Waals surface area contributed by atoms with E-state index in [-0.39, 0.29) is 5.41 Å². The summed E-state index contributed by atoms with van der Waals surface area (Å²) in [6.07, 6.45) is 5.86. The predicted molar refractivity (Wildman–Crippen MR) is 110 cm³/mol. The first-order chi connectivity index (χ1) is 13.4. The number of hydrogen-bond donors (Lipinski definition) is 1. The van der Waals surface area contributed by atoms with Gasteiger partial charge in [0.15, 0.2) is 11.8 Å². The molecule has 0 amide bonds. The lowest BCUT2D eigenvalue weighted by atomic mass is 9.93. The highest BCUT2D eigenvalue weighted by Crippen LogP contribution is 2.46. The van der Waals surface area contributed by atoms with Crippen LogP contribution >= 0.6 is 0 Å². The molecule has 1 saturated heterocycles. The molecular weight excluding hydrogens is 352 g/mol. The highest BCUT2D eigenvalue weighted by atomic mass is 16.5. The van der Waals surface area contributed by atoms with Crippen LogP contribution in [0.3, 0.4) is 0 Å². The number of aromatic nitrogens is 2. The number of guanidine groups is 1. The van der Waals surface area contributed by atoms with Gasteiger partial charge in [-0.15, -0.1) is 0 Å². The van der Waals surface area contributed by atoms with Crippen molar-refractivity contribution in [2.45, 2.75) is 71.4 Å². The lowest BCUT2D eigenvalue weighted by Gasteiger charge is -2.42. The van der Waals surface area contributed by atoms with Gasteiger partial charge in [-0.1, -0.05) is 32.3 Å². The molecule has 2 heterocycles. The molecule has 0 aromatic carbocycles. The number of piperazine rings is 1. The van der Waals surface area contributed by atoms with Gasteiger partial charge >= 0.3 is 0 Å². The van der Waals surface area contributed by atoms with Crippen LogP contribution in [0, 0.1) is 11.8 Å². The quantitative estimate of drug-likeness (QED) is 0.632. The van der Waals surface area contributed by atoms with Gasteiger partial charge in [0.25, 0.3) is 0 Å². The van der Waals surface area contributed by atoms with E-state index >= 15 is 0 Å². The molecule has 7 heteroatoms. The molecular formula is C21H36N6O. The van der Waals surface area contributed by atoms with Gasteiger partial charge in [-0.3, -0.25) is 4.90 Å². The maximum atomic E-state index is 5.39. The minimum atomic E-state index is -0.129. The van der Waals surface area contributed by atoms with Crippen molar-refractivity contribution in [1.29, 1.82) is 0 Å². The van der Waals surface area contributed by atoms with Crippen molar-refractivity contribution in [3.05, 3.63) is 11.7 Å². The fourth-order valence-corrected chi connectivity index (χ4v) is 5.12. The third-order valence-corrected chi connectivity index (χ3v) is 6.60. The molecule has 0 radical (unpaired) electrons. The van der Waals surface area contributed by atoms with Crippen molar-refractivity contribution in [2.75, 3.05) is 32.7 Å². The molecule has 28 heavy (non-hydrogen) atoms. The number of nitrogens with one attached hydrogen (secondary N) is 1. The summed E-state index contributed by atoms with van der Waals surface area (Å²) in [4.78, 5) is 14.4. The molecule has 2 saturated carbocycles. The maximum absolute atomic E-state index is 5.39. The third-order valence-electron chi connectivity index (χ3n) is 6.60. The molecule has 3 atom stereocenters. The van der Waals surface area contributed by atoms with Crippen molar-refractivity contribution in [1.82, 2.24) is 25.3 Å². The lowest BCUT2D eigenvalue weighted by molar-refractivity contribution is 0.0958. The van der Waals surface area contributed by atoms with Gasteiger partial charge in [0.05, 0.1) is 0 Å². The summed E-state index contributed by atoms with van der Waals surface area (Å²) in [6, 6.07) is 0.843. The summed E-state index contributed by atoms with van der Waals surface area (Å²) in [5.41, 5.74) is -0.129. The van der Waals surface area contributed by atoms with Crippen LogP contribution in [0.4, 0.5) is 0 Å². The van der Waals surface area contributed by atoms with E-state index in [0.717, 1.165) is 56.6 Å². The molecule has 1 aliphatic heterocycles. The molecule has 1 aromatic rings. The molecule has 2 aliphatic carbocycles. The van der Waals surface area contributed by atoms with Crippen LogP contribution in [-0.2, 0) is 12.0 Å².